The summed E-state index contributed by atoms with van der Waals surface area (Å²) in [5.41, 5.74) is 2.11. The van der Waals surface area contributed by atoms with Gasteiger partial charge in [0.15, 0.2) is 0 Å². The molecule has 132 valence electrons. The van der Waals surface area contributed by atoms with Crippen LogP contribution in [0.2, 0.25) is 0 Å². The first-order valence-electron chi connectivity index (χ1n) is 8.84. The molecule has 0 unspecified atom stereocenters. The first-order valence-corrected chi connectivity index (χ1v) is 8.84. The van der Waals surface area contributed by atoms with Crippen LogP contribution in [0.15, 0.2) is 24.3 Å². The Bertz CT molecular complexity index is 746. The summed E-state index contributed by atoms with van der Waals surface area (Å²) in [4.78, 5) is 31.1. The van der Waals surface area contributed by atoms with Gasteiger partial charge >= 0.3 is 6.09 Å². The smallest absolute Gasteiger partial charge is 0.407 e. The van der Waals surface area contributed by atoms with Crippen LogP contribution < -0.4 is 10.6 Å². The summed E-state index contributed by atoms with van der Waals surface area (Å²) in [6, 6.07) is 7.55. The van der Waals surface area contributed by atoms with Crippen LogP contribution in [0, 0.1) is 5.92 Å². The van der Waals surface area contributed by atoms with Gasteiger partial charge in [0, 0.05) is 12.5 Å². The number of carbonyl (C=O) groups excluding carboxylic acids is 2. The second-order valence-corrected chi connectivity index (χ2v) is 6.90. The number of imidazole rings is 1. The molecular formula is C18H22N4O3. The molecule has 7 heteroatoms. The molecule has 1 aromatic carbocycles. The predicted molar refractivity (Wildman–Crippen MR) is 92.1 cm³/mol. The third kappa shape index (κ3) is 3.45. The summed E-state index contributed by atoms with van der Waals surface area (Å²) in [6.07, 6.45) is 3.75. The third-order valence-corrected chi connectivity index (χ3v) is 5.20. The van der Waals surface area contributed by atoms with Gasteiger partial charge in [-0.1, -0.05) is 12.1 Å². The van der Waals surface area contributed by atoms with Gasteiger partial charge in [0.2, 0.25) is 5.91 Å². The minimum absolute atomic E-state index is 0.115. The molecule has 25 heavy (non-hydrogen) atoms. The van der Waals surface area contributed by atoms with Crippen LogP contribution in [-0.2, 0) is 9.53 Å². The van der Waals surface area contributed by atoms with Gasteiger partial charge in [0.05, 0.1) is 11.0 Å². The number of carbonyl (C=O) groups is 2. The maximum atomic E-state index is 12.0. The minimum Gasteiger partial charge on any atom is -0.447 e. The van der Waals surface area contributed by atoms with E-state index < -0.39 is 12.1 Å². The molecule has 0 spiro atoms. The molecule has 2 aliphatic rings. The number of aromatic amines is 1. The van der Waals surface area contributed by atoms with Crippen molar-refractivity contribution in [3.8, 4) is 0 Å². The Balaban J connectivity index is 1.27. The van der Waals surface area contributed by atoms with Gasteiger partial charge in [0.1, 0.15) is 18.5 Å². The van der Waals surface area contributed by atoms with Gasteiger partial charge in [-0.2, -0.15) is 0 Å². The highest BCUT2D eigenvalue weighted by Gasteiger charge is 2.30. The van der Waals surface area contributed by atoms with Gasteiger partial charge in [-0.25, -0.2) is 9.78 Å². The van der Waals surface area contributed by atoms with Crippen molar-refractivity contribution < 1.29 is 14.3 Å². The first-order chi connectivity index (χ1) is 12.2. The molecule has 4 rings (SSSR count). The van der Waals surface area contributed by atoms with Crippen molar-refractivity contribution in [2.45, 2.75) is 37.6 Å². The van der Waals surface area contributed by atoms with E-state index >= 15 is 0 Å². The van der Waals surface area contributed by atoms with Crippen LogP contribution in [0.4, 0.5) is 4.79 Å². The van der Waals surface area contributed by atoms with Crippen molar-refractivity contribution >= 4 is 23.0 Å². The minimum atomic E-state index is -0.556. The van der Waals surface area contributed by atoms with E-state index in [0.29, 0.717) is 18.4 Å². The van der Waals surface area contributed by atoms with E-state index in [0.717, 1.165) is 42.5 Å². The van der Waals surface area contributed by atoms with Crippen molar-refractivity contribution in [2.75, 3.05) is 13.2 Å². The van der Waals surface area contributed by atoms with Crippen LogP contribution in [0.5, 0.6) is 0 Å². The van der Waals surface area contributed by atoms with Gasteiger partial charge in [0.25, 0.3) is 0 Å². The highest BCUT2D eigenvalue weighted by molar-refractivity contribution is 5.87. The number of hydrogen-bond acceptors (Lipinski definition) is 4. The van der Waals surface area contributed by atoms with E-state index in [-0.39, 0.29) is 12.5 Å². The molecule has 1 aromatic heterocycles. The van der Waals surface area contributed by atoms with Crippen LogP contribution in [0.25, 0.3) is 11.0 Å². The lowest BCUT2D eigenvalue weighted by Gasteiger charge is -2.27. The number of alkyl carbamates (subject to hydrolysis) is 1. The molecule has 2 amide bonds. The lowest BCUT2D eigenvalue weighted by Crippen LogP contribution is -2.44. The average Bonchev–Trinajstić information content (AvgIpc) is 3.26. The molecule has 1 saturated heterocycles. The fourth-order valence-electron chi connectivity index (χ4n) is 3.70. The summed E-state index contributed by atoms with van der Waals surface area (Å²) >= 11 is 0. The molecule has 7 nitrogen and oxygen atoms in total. The maximum Gasteiger partial charge on any atom is 0.407 e. The second kappa shape index (κ2) is 6.74. The highest BCUT2D eigenvalue weighted by atomic mass is 16.6. The summed E-state index contributed by atoms with van der Waals surface area (Å²) in [7, 11) is 0. The second-order valence-electron chi connectivity index (χ2n) is 6.90. The Hall–Kier alpha value is -2.57. The van der Waals surface area contributed by atoms with Crippen LogP contribution in [0.3, 0.4) is 0 Å². The number of rotatable bonds is 4. The van der Waals surface area contributed by atoms with Gasteiger partial charge in [-0.05, 0) is 43.7 Å². The van der Waals surface area contributed by atoms with Crippen molar-refractivity contribution in [3.63, 3.8) is 0 Å². The van der Waals surface area contributed by atoms with Gasteiger partial charge < -0.3 is 20.4 Å². The zero-order valence-corrected chi connectivity index (χ0v) is 14.0. The normalized spacial score (nSPS) is 26.2. The van der Waals surface area contributed by atoms with Crippen molar-refractivity contribution in [1.29, 1.82) is 0 Å². The zero-order valence-electron chi connectivity index (χ0n) is 14.0. The molecule has 1 aliphatic carbocycles. The van der Waals surface area contributed by atoms with Gasteiger partial charge in [-0.3, -0.25) is 4.79 Å². The standard InChI is InChI=1S/C18H22N4O3/c23-17(15-10-25-18(24)22-15)19-9-11-5-7-12(8-6-11)16-20-13-3-1-2-4-14(13)21-16/h1-4,11-12,15H,5-10H2,(H,19,23)(H,20,21)(H,22,24)/t11?,12?,15-/m0/s1. The Kier molecular flexibility index (Phi) is 4.29. The average molecular weight is 342 g/mol. The number of nitrogens with zero attached hydrogens (tertiary/aromatic N) is 1. The van der Waals surface area contributed by atoms with E-state index in [1.165, 1.54) is 0 Å². The van der Waals surface area contributed by atoms with Crippen LogP contribution in [-0.4, -0.2) is 41.2 Å². The molecule has 1 atom stereocenters. The molecular weight excluding hydrogens is 320 g/mol. The topological polar surface area (TPSA) is 96.1 Å². The number of para-hydroxylation sites is 2. The van der Waals surface area contributed by atoms with E-state index in [1.54, 1.807) is 0 Å². The number of cyclic esters (lactones) is 1. The number of nitrogens with one attached hydrogen (secondary N) is 3. The molecule has 3 N–H and O–H groups in total. The van der Waals surface area contributed by atoms with E-state index in [9.17, 15) is 9.59 Å². The molecule has 1 saturated carbocycles. The Morgan fingerprint density at radius 2 is 2.04 bits per heavy atom. The molecule has 2 fully saturated rings. The van der Waals surface area contributed by atoms with Gasteiger partial charge in [-0.15, -0.1) is 0 Å². The molecule has 1 aliphatic heterocycles. The largest absolute Gasteiger partial charge is 0.447 e. The lowest BCUT2D eigenvalue weighted by atomic mass is 9.81. The molecule has 2 heterocycles. The first kappa shape index (κ1) is 15.9. The quantitative estimate of drug-likeness (QED) is 0.792. The molecule has 0 bridgehead atoms. The summed E-state index contributed by atoms with van der Waals surface area (Å²) < 4.78 is 4.75. The van der Waals surface area contributed by atoms with Crippen molar-refractivity contribution in [2.24, 2.45) is 5.92 Å². The number of fused-ring (bicyclic) bond motifs is 1. The molecule has 2 aromatic rings. The Morgan fingerprint density at radius 1 is 1.24 bits per heavy atom. The lowest BCUT2D eigenvalue weighted by molar-refractivity contribution is -0.123. The fourth-order valence-corrected chi connectivity index (χ4v) is 3.70. The van der Waals surface area contributed by atoms with E-state index in [1.807, 2.05) is 18.2 Å². The van der Waals surface area contributed by atoms with Crippen LogP contribution in [0.1, 0.15) is 37.4 Å². The predicted octanol–water partition coefficient (Wildman–Crippen LogP) is 2.06. The number of H-pyrrole nitrogens is 1. The SMILES string of the molecule is O=C1N[C@H](C(=O)NCC2CCC(c3nc4ccccc4[nH]3)CC2)CO1. The third-order valence-electron chi connectivity index (χ3n) is 5.20. The summed E-state index contributed by atoms with van der Waals surface area (Å²) in [5, 5.41) is 5.43. The number of ether oxygens (including phenoxy) is 1. The summed E-state index contributed by atoms with van der Waals surface area (Å²) in [5.74, 6) is 1.85. The van der Waals surface area contributed by atoms with E-state index in [2.05, 4.69) is 21.7 Å². The number of benzene rings is 1. The molecule has 0 radical (unpaired) electrons. The monoisotopic (exact) mass is 342 g/mol. The Morgan fingerprint density at radius 3 is 2.76 bits per heavy atom. The Labute approximate surface area is 145 Å². The van der Waals surface area contributed by atoms with Crippen molar-refractivity contribution in [3.05, 3.63) is 30.1 Å². The highest BCUT2D eigenvalue weighted by Crippen LogP contribution is 2.34. The number of hydrogen-bond donors (Lipinski definition) is 3. The van der Waals surface area contributed by atoms with E-state index in [4.69, 9.17) is 9.72 Å². The zero-order chi connectivity index (χ0) is 17.2. The number of amides is 2. The van der Waals surface area contributed by atoms with Crippen LogP contribution >= 0.6 is 0 Å². The van der Waals surface area contributed by atoms with Crippen molar-refractivity contribution in [1.82, 2.24) is 20.6 Å². The fraction of sp³-hybridized carbons (Fsp3) is 0.500. The summed E-state index contributed by atoms with van der Waals surface area (Å²) in [6.45, 7) is 0.765. The maximum absolute atomic E-state index is 12.0. The number of aromatic nitrogens is 2.